The largest absolute Gasteiger partial charge is 0.459 e. The molecule has 0 saturated heterocycles. The predicted octanol–water partition coefficient (Wildman–Crippen LogP) is 4.83. The zero-order valence-corrected chi connectivity index (χ0v) is 15.4. The van der Waals surface area contributed by atoms with Gasteiger partial charge in [0.05, 0.1) is 12.1 Å². The van der Waals surface area contributed by atoms with E-state index in [9.17, 15) is 4.79 Å². The second kappa shape index (κ2) is 7.76. The molecule has 1 amide bonds. The lowest BCUT2D eigenvalue weighted by atomic mass is 10.2. The fourth-order valence-corrected chi connectivity index (χ4v) is 3.16. The summed E-state index contributed by atoms with van der Waals surface area (Å²) in [6.45, 7) is 3.85. The van der Waals surface area contributed by atoms with Crippen LogP contribution in [-0.2, 0) is 4.79 Å². The Bertz CT molecular complexity index is 842. The van der Waals surface area contributed by atoms with E-state index < -0.39 is 0 Å². The molecule has 0 saturated carbocycles. The van der Waals surface area contributed by atoms with E-state index in [0.29, 0.717) is 0 Å². The highest BCUT2D eigenvalue weighted by atomic mass is 32.2. The standard InChI is InChI=1S/C20H22N2O2S/c1-13(19-11-15-7-4-5-10-18(15)24-19)21-14(2)20(23)22-16-8-6-9-17(12-16)25-3/h4-14,21H,1-3H3,(H,22,23). The van der Waals surface area contributed by atoms with Gasteiger partial charge in [0.2, 0.25) is 5.91 Å². The number of nitrogens with one attached hydrogen (secondary N) is 2. The van der Waals surface area contributed by atoms with Gasteiger partial charge in [-0.2, -0.15) is 0 Å². The Morgan fingerprint density at radius 3 is 2.64 bits per heavy atom. The Kier molecular flexibility index (Phi) is 5.46. The Morgan fingerprint density at radius 2 is 1.88 bits per heavy atom. The predicted molar refractivity (Wildman–Crippen MR) is 104 cm³/mol. The smallest absolute Gasteiger partial charge is 0.241 e. The summed E-state index contributed by atoms with van der Waals surface area (Å²) >= 11 is 1.65. The number of rotatable bonds is 6. The highest BCUT2D eigenvalue weighted by Gasteiger charge is 2.19. The molecule has 0 aliphatic carbocycles. The number of thioether (sulfide) groups is 1. The molecule has 2 N–H and O–H groups in total. The quantitative estimate of drug-likeness (QED) is 0.622. The van der Waals surface area contributed by atoms with E-state index in [2.05, 4.69) is 10.6 Å². The number of carbonyl (C=O) groups excluding carboxylic acids is 1. The van der Waals surface area contributed by atoms with Gasteiger partial charge in [0.15, 0.2) is 0 Å². The number of hydrogen-bond donors (Lipinski definition) is 2. The number of para-hydroxylation sites is 1. The van der Waals surface area contributed by atoms with E-state index in [4.69, 9.17) is 4.42 Å². The summed E-state index contributed by atoms with van der Waals surface area (Å²) in [5, 5.41) is 7.32. The molecule has 3 rings (SSSR count). The number of fused-ring (bicyclic) bond motifs is 1. The average molecular weight is 354 g/mol. The van der Waals surface area contributed by atoms with Gasteiger partial charge in [0.1, 0.15) is 11.3 Å². The van der Waals surface area contributed by atoms with Crippen LogP contribution in [-0.4, -0.2) is 18.2 Å². The topological polar surface area (TPSA) is 54.3 Å². The summed E-state index contributed by atoms with van der Waals surface area (Å²) in [4.78, 5) is 13.6. The van der Waals surface area contributed by atoms with E-state index in [0.717, 1.165) is 27.3 Å². The molecular formula is C20H22N2O2S. The van der Waals surface area contributed by atoms with Crippen LogP contribution in [0.2, 0.25) is 0 Å². The molecule has 2 aromatic carbocycles. The first-order valence-electron chi connectivity index (χ1n) is 8.26. The molecule has 2 atom stereocenters. The molecule has 1 heterocycles. The molecule has 0 aliphatic rings. The zero-order valence-electron chi connectivity index (χ0n) is 14.6. The van der Waals surface area contributed by atoms with Crippen molar-refractivity contribution in [2.24, 2.45) is 0 Å². The molecule has 130 valence electrons. The molecule has 0 aliphatic heterocycles. The normalized spacial score (nSPS) is 13.6. The number of amides is 1. The molecule has 3 aromatic rings. The molecule has 0 bridgehead atoms. The minimum Gasteiger partial charge on any atom is -0.459 e. The van der Waals surface area contributed by atoms with Gasteiger partial charge in [-0.1, -0.05) is 24.3 Å². The van der Waals surface area contributed by atoms with Gasteiger partial charge in [-0.3, -0.25) is 10.1 Å². The summed E-state index contributed by atoms with van der Waals surface area (Å²) < 4.78 is 5.86. The van der Waals surface area contributed by atoms with Crippen LogP contribution in [0.4, 0.5) is 5.69 Å². The molecule has 25 heavy (non-hydrogen) atoms. The zero-order chi connectivity index (χ0) is 17.8. The number of benzene rings is 2. The Morgan fingerprint density at radius 1 is 1.08 bits per heavy atom. The Hall–Kier alpha value is -2.24. The van der Waals surface area contributed by atoms with Gasteiger partial charge in [0.25, 0.3) is 0 Å². The van der Waals surface area contributed by atoms with Gasteiger partial charge >= 0.3 is 0 Å². The first-order chi connectivity index (χ1) is 12.1. The first kappa shape index (κ1) is 17.6. The monoisotopic (exact) mass is 354 g/mol. The molecule has 0 spiro atoms. The van der Waals surface area contributed by atoms with Crippen molar-refractivity contribution < 1.29 is 9.21 Å². The maximum atomic E-state index is 12.4. The lowest BCUT2D eigenvalue weighted by Crippen LogP contribution is -2.39. The lowest BCUT2D eigenvalue weighted by Gasteiger charge is -2.18. The number of hydrogen-bond acceptors (Lipinski definition) is 4. The van der Waals surface area contributed by atoms with E-state index >= 15 is 0 Å². The summed E-state index contributed by atoms with van der Waals surface area (Å²) in [7, 11) is 0. The average Bonchev–Trinajstić information content (AvgIpc) is 3.06. The molecule has 4 nitrogen and oxygen atoms in total. The third-order valence-electron chi connectivity index (χ3n) is 4.10. The lowest BCUT2D eigenvalue weighted by molar-refractivity contribution is -0.118. The molecule has 0 radical (unpaired) electrons. The van der Waals surface area contributed by atoms with Crippen LogP contribution < -0.4 is 10.6 Å². The Labute approximate surface area is 152 Å². The number of anilines is 1. The van der Waals surface area contributed by atoms with Gasteiger partial charge in [0, 0.05) is 16.0 Å². The molecular weight excluding hydrogens is 332 g/mol. The summed E-state index contributed by atoms with van der Waals surface area (Å²) in [6, 6.07) is 17.3. The number of carbonyl (C=O) groups is 1. The SMILES string of the molecule is CSc1cccc(NC(=O)C(C)NC(C)c2cc3ccccc3o2)c1. The van der Waals surface area contributed by atoms with Crippen LogP contribution in [0.3, 0.4) is 0 Å². The minimum absolute atomic E-state index is 0.0642. The van der Waals surface area contributed by atoms with E-state index in [1.54, 1.807) is 11.8 Å². The summed E-state index contributed by atoms with van der Waals surface area (Å²) in [6.07, 6.45) is 2.01. The van der Waals surface area contributed by atoms with Crippen molar-refractivity contribution in [2.45, 2.75) is 30.8 Å². The third kappa shape index (κ3) is 4.24. The van der Waals surface area contributed by atoms with Gasteiger partial charge in [-0.05, 0) is 50.4 Å². The first-order valence-corrected chi connectivity index (χ1v) is 9.48. The van der Waals surface area contributed by atoms with Crippen molar-refractivity contribution in [2.75, 3.05) is 11.6 Å². The van der Waals surface area contributed by atoms with Crippen LogP contribution in [0.15, 0.2) is 63.9 Å². The van der Waals surface area contributed by atoms with Crippen molar-refractivity contribution in [3.8, 4) is 0 Å². The minimum atomic E-state index is -0.346. The van der Waals surface area contributed by atoms with Crippen LogP contribution in [0, 0.1) is 0 Å². The number of furan rings is 1. The van der Waals surface area contributed by atoms with Gasteiger partial charge in [-0.25, -0.2) is 0 Å². The second-order valence-electron chi connectivity index (χ2n) is 6.02. The summed E-state index contributed by atoms with van der Waals surface area (Å²) in [5.74, 6) is 0.756. The van der Waals surface area contributed by atoms with Gasteiger partial charge < -0.3 is 9.73 Å². The van der Waals surface area contributed by atoms with Crippen molar-refractivity contribution in [3.05, 3.63) is 60.4 Å². The fraction of sp³-hybridized carbons (Fsp3) is 0.250. The van der Waals surface area contributed by atoms with Crippen LogP contribution in [0.25, 0.3) is 11.0 Å². The highest BCUT2D eigenvalue weighted by Crippen LogP contribution is 2.24. The molecule has 2 unspecified atom stereocenters. The van der Waals surface area contributed by atoms with Crippen molar-refractivity contribution in [1.82, 2.24) is 5.32 Å². The molecule has 5 heteroatoms. The van der Waals surface area contributed by atoms with E-state index in [1.807, 2.05) is 74.7 Å². The summed E-state index contributed by atoms with van der Waals surface area (Å²) in [5.41, 5.74) is 1.67. The third-order valence-corrected chi connectivity index (χ3v) is 4.83. The van der Waals surface area contributed by atoms with Crippen LogP contribution in [0.5, 0.6) is 0 Å². The Balaban J connectivity index is 1.63. The van der Waals surface area contributed by atoms with Crippen molar-refractivity contribution in [1.29, 1.82) is 0 Å². The maximum absolute atomic E-state index is 12.4. The van der Waals surface area contributed by atoms with E-state index in [-0.39, 0.29) is 18.0 Å². The van der Waals surface area contributed by atoms with Crippen LogP contribution >= 0.6 is 11.8 Å². The van der Waals surface area contributed by atoms with Crippen molar-refractivity contribution in [3.63, 3.8) is 0 Å². The second-order valence-corrected chi connectivity index (χ2v) is 6.90. The highest BCUT2D eigenvalue weighted by molar-refractivity contribution is 7.98. The van der Waals surface area contributed by atoms with Crippen molar-refractivity contribution >= 4 is 34.3 Å². The maximum Gasteiger partial charge on any atom is 0.241 e. The van der Waals surface area contributed by atoms with Crippen LogP contribution in [0.1, 0.15) is 25.6 Å². The molecule has 1 aromatic heterocycles. The molecule has 0 fully saturated rings. The van der Waals surface area contributed by atoms with E-state index in [1.165, 1.54) is 0 Å². The van der Waals surface area contributed by atoms with Gasteiger partial charge in [-0.15, -0.1) is 11.8 Å². The fourth-order valence-electron chi connectivity index (χ4n) is 2.70.